The van der Waals surface area contributed by atoms with Crippen LogP contribution in [0.25, 0.3) is 0 Å². The average molecular weight is 920 g/mol. The maximum absolute atomic E-state index is 12.8. The van der Waals surface area contributed by atoms with Gasteiger partial charge in [0.25, 0.3) is 0 Å². The van der Waals surface area contributed by atoms with E-state index in [4.69, 9.17) is 14.2 Å². The van der Waals surface area contributed by atoms with Crippen LogP contribution in [0.2, 0.25) is 0 Å². The Labute approximate surface area is 406 Å². The number of esters is 3. The fraction of sp³-hybridized carbons (Fsp3) is 0.949. The molecular formula is C59H114O6. The molecule has 0 aromatic rings. The van der Waals surface area contributed by atoms with Crippen molar-refractivity contribution >= 4 is 17.9 Å². The van der Waals surface area contributed by atoms with Gasteiger partial charge in [-0.25, -0.2) is 0 Å². The molecule has 0 aromatic heterocycles. The van der Waals surface area contributed by atoms with Crippen molar-refractivity contribution in [2.75, 3.05) is 13.2 Å². The average Bonchev–Trinajstić information content (AvgIpc) is 3.29. The van der Waals surface area contributed by atoms with Crippen molar-refractivity contribution in [3.8, 4) is 0 Å². The first-order chi connectivity index (χ1) is 31.9. The normalized spacial score (nSPS) is 12.0. The number of rotatable bonds is 54. The fourth-order valence-electron chi connectivity index (χ4n) is 9.10. The summed E-state index contributed by atoms with van der Waals surface area (Å²) in [7, 11) is 0. The highest BCUT2D eigenvalue weighted by atomic mass is 16.6. The molecule has 1 atom stereocenters. The van der Waals surface area contributed by atoms with Gasteiger partial charge in [0.2, 0.25) is 0 Å². The summed E-state index contributed by atoms with van der Waals surface area (Å²) < 4.78 is 16.9. The van der Waals surface area contributed by atoms with E-state index in [-0.39, 0.29) is 31.1 Å². The lowest BCUT2D eigenvalue weighted by Crippen LogP contribution is -2.30. The summed E-state index contributed by atoms with van der Waals surface area (Å²) in [5, 5.41) is 0. The van der Waals surface area contributed by atoms with Crippen LogP contribution in [0.3, 0.4) is 0 Å². The third-order valence-corrected chi connectivity index (χ3v) is 13.5. The van der Waals surface area contributed by atoms with Gasteiger partial charge < -0.3 is 14.2 Å². The molecule has 0 saturated carbocycles. The monoisotopic (exact) mass is 919 g/mol. The zero-order chi connectivity index (χ0) is 47.4. The van der Waals surface area contributed by atoms with Crippen molar-refractivity contribution < 1.29 is 28.6 Å². The van der Waals surface area contributed by atoms with Gasteiger partial charge >= 0.3 is 17.9 Å². The summed E-state index contributed by atoms with van der Waals surface area (Å²) in [5.41, 5.74) is 0. The Hall–Kier alpha value is -1.59. The van der Waals surface area contributed by atoms with Crippen molar-refractivity contribution in [1.82, 2.24) is 0 Å². The van der Waals surface area contributed by atoms with E-state index >= 15 is 0 Å². The first kappa shape index (κ1) is 63.4. The molecule has 0 fully saturated rings. The van der Waals surface area contributed by atoms with Crippen LogP contribution in [0.15, 0.2) is 0 Å². The number of carbonyl (C=O) groups is 3. The predicted octanol–water partition coefficient (Wildman–Crippen LogP) is 19.4. The van der Waals surface area contributed by atoms with Gasteiger partial charge in [0.1, 0.15) is 13.2 Å². The van der Waals surface area contributed by atoms with Crippen LogP contribution in [0.1, 0.15) is 336 Å². The fourth-order valence-corrected chi connectivity index (χ4v) is 9.10. The number of unbranched alkanes of at least 4 members (excludes halogenated alkanes) is 41. The summed E-state index contributed by atoms with van der Waals surface area (Å²) >= 11 is 0. The van der Waals surface area contributed by atoms with Gasteiger partial charge in [0, 0.05) is 19.3 Å². The van der Waals surface area contributed by atoms with Gasteiger partial charge in [-0.05, 0) is 25.2 Å². The van der Waals surface area contributed by atoms with Crippen LogP contribution in [0.4, 0.5) is 0 Å². The Morgan fingerprint density at radius 1 is 0.292 bits per heavy atom. The predicted molar refractivity (Wildman–Crippen MR) is 280 cm³/mol. The molecule has 6 nitrogen and oxygen atoms in total. The summed E-state index contributed by atoms with van der Waals surface area (Å²) in [6.07, 6.45) is 58.1. The van der Waals surface area contributed by atoms with Crippen LogP contribution in [0.5, 0.6) is 0 Å². The van der Waals surface area contributed by atoms with Crippen molar-refractivity contribution in [1.29, 1.82) is 0 Å². The van der Waals surface area contributed by atoms with E-state index < -0.39 is 6.10 Å². The molecule has 0 aromatic carbocycles. The van der Waals surface area contributed by atoms with Gasteiger partial charge in [0.05, 0.1) is 0 Å². The van der Waals surface area contributed by atoms with E-state index in [9.17, 15) is 14.4 Å². The molecule has 0 saturated heterocycles. The van der Waals surface area contributed by atoms with Gasteiger partial charge in [0.15, 0.2) is 6.10 Å². The highest BCUT2D eigenvalue weighted by Crippen LogP contribution is 2.18. The van der Waals surface area contributed by atoms with Crippen molar-refractivity contribution in [3.63, 3.8) is 0 Å². The highest BCUT2D eigenvalue weighted by Gasteiger charge is 2.19. The summed E-state index contributed by atoms with van der Waals surface area (Å²) in [4.78, 5) is 38.1. The zero-order valence-corrected chi connectivity index (χ0v) is 44.5. The Morgan fingerprint density at radius 2 is 0.508 bits per heavy atom. The van der Waals surface area contributed by atoms with Crippen molar-refractivity contribution in [2.24, 2.45) is 5.92 Å². The molecule has 0 unspecified atom stereocenters. The van der Waals surface area contributed by atoms with E-state index in [2.05, 4.69) is 27.7 Å². The molecule has 0 aliphatic rings. The van der Waals surface area contributed by atoms with E-state index in [0.29, 0.717) is 19.3 Å². The summed E-state index contributed by atoms with van der Waals surface area (Å²) in [5.74, 6) is -0.00824. The van der Waals surface area contributed by atoms with Gasteiger partial charge in [-0.1, -0.05) is 297 Å². The molecule has 0 rings (SSSR count). The van der Waals surface area contributed by atoms with Gasteiger partial charge in [-0.2, -0.15) is 0 Å². The van der Waals surface area contributed by atoms with Crippen LogP contribution in [0, 0.1) is 5.92 Å². The summed E-state index contributed by atoms with van der Waals surface area (Å²) in [6, 6.07) is 0. The topological polar surface area (TPSA) is 78.9 Å². The number of carbonyl (C=O) groups excluding carboxylic acids is 3. The first-order valence-electron chi connectivity index (χ1n) is 29.4. The minimum atomic E-state index is -0.762. The molecule has 0 aliphatic carbocycles. The lowest BCUT2D eigenvalue weighted by Gasteiger charge is -2.18. The number of ether oxygens (including phenoxy) is 3. The van der Waals surface area contributed by atoms with Crippen LogP contribution >= 0.6 is 0 Å². The molecule has 0 aliphatic heterocycles. The second-order valence-corrected chi connectivity index (χ2v) is 20.8. The standard InChI is InChI=1S/C59H114O6/c1-5-7-9-11-13-15-17-19-21-22-23-24-25-27-30-34-38-42-46-50-57(60)63-53-56(65-59(62)52-48-44-40-36-31-26-20-18-16-14-12-10-8-6-2)54-64-58(61)51-47-43-39-35-32-28-29-33-37-41-45-49-55(3)4/h55-56H,5-54H2,1-4H3/t56-/m0/s1. The van der Waals surface area contributed by atoms with Crippen molar-refractivity contribution in [2.45, 2.75) is 342 Å². The Balaban J connectivity index is 4.27. The molecule has 6 heteroatoms. The maximum Gasteiger partial charge on any atom is 0.306 e. The zero-order valence-electron chi connectivity index (χ0n) is 44.5. The van der Waals surface area contributed by atoms with E-state index in [1.807, 2.05) is 0 Å². The van der Waals surface area contributed by atoms with Gasteiger partial charge in [-0.3, -0.25) is 14.4 Å². The molecule has 0 amide bonds. The Morgan fingerprint density at radius 3 is 0.754 bits per heavy atom. The third kappa shape index (κ3) is 53.2. The molecule has 0 spiro atoms. The lowest BCUT2D eigenvalue weighted by atomic mass is 10.0. The molecule has 65 heavy (non-hydrogen) atoms. The first-order valence-corrected chi connectivity index (χ1v) is 29.4. The SMILES string of the molecule is CCCCCCCCCCCCCCCCCCCCCC(=O)OC[C@@H](COC(=O)CCCCCCCCCCCCCC(C)C)OC(=O)CCCCCCCCCCCCCCCC. The largest absolute Gasteiger partial charge is 0.462 e. The quantitative estimate of drug-likeness (QED) is 0.0344. The van der Waals surface area contributed by atoms with Crippen LogP contribution in [-0.4, -0.2) is 37.2 Å². The molecule has 0 bridgehead atoms. The molecule has 0 N–H and O–H groups in total. The highest BCUT2D eigenvalue weighted by molar-refractivity contribution is 5.71. The Kier molecular flexibility index (Phi) is 52.1. The smallest absolute Gasteiger partial charge is 0.306 e. The van der Waals surface area contributed by atoms with Crippen LogP contribution in [-0.2, 0) is 28.6 Å². The van der Waals surface area contributed by atoms with E-state index in [0.717, 1.165) is 63.7 Å². The lowest BCUT2D eigenvalue weighted by molar-refractivity contribution is -0.167. The van der Waals surface area contributed by atoms with Crippen LogP contribution < -0.4 is 0 Å². The van der Waals surface area contributed by atoms with E-state index in [1.165, 1.54) is 231 Å². The minimum Gasteiger partial charge on any atom is -0.462 e. The second-order valence-electron chi connectivity index (χ2n) is 20.8. The molecule has 0 heterocycles. The second kappa shape index (κ2) is 53.4. The molecule has 0 radical (unpaired) electrons. The maximum atomic E-state index is 12.8. The Bertz CT molecular complexity index is 980. The minimum absolute atomic E-state index is 0.0618. The summed E-state index contributed by atoms with van der Waals surface area (Å²) in [6.45, 7) is 9.05. The van der Waals surface area contributed by atoms with Crippen molar-refractivity contribution in [3.05, 3.63) is 0 Å². The van der Waals surface area contributed by atoms with Gasteiger partial charge in [-0.15, -0.1) is 0 Å². The molecule has 386 valence electrons. The van der Waals surface area contributed by atoms with E-state index in [1.54, 1.807) is 0 Å². The molecular weight excluding hydrogens is 805 g/mol. The number of hydrogen-bond donors (Lipinski definition) is 0. The third-order valence-electron chi connectivity index (χ3n) is 13.5. The number of hydrogen-bond acceptors (Lipinski definition) is 6.